The first-order valence-electron chi connectivity index (χ1n) is 7.31. The molecule has 0 bridgehead atoms. The number of aliphatic hydroxyl groups is 1. The van der Waals surface area contributed by atoms with Gasteiger partial charge in [-0.05, 0) is 43.4 Å². The minimum absolute atomic E-state index is 0.151. The second-order valence-corrected chi connectivity index (χ2v) is 6.90. The number of carbonyl (C=O) groups is 1. The van der Waals surface area contributed by atoms with Gasteiger partial charge in [0.25, 0.3) is 0 Å². The zero-order valence-corrected chi connectivity index (χ0v) is 12.2. The quantitative estimate of drug-likeness (QED) is 0.793. The van der Waals surface area contributed by atoms with E-state index in [4.69, 9.17) is 0 Å². The molecule has 3 heteroatoms. The molecule has 1 fully saturated rings. The lowest BCUT2D eigenvalue weighted by molar-refractivity contribution is -0.121. The van der Waals surface area contributed by atoms with E-state index < -0.39 is 0 Å². The molecular formula is C15H29NO2. The average Bonchev–Trinajstić information content (AvgIpc) is 2.25. The van der Waals surface area contributed by atoms with Gasteiger partial charge in [-0.15, -0.1) is 0 Å². The third-order valence-electron chi connectivity index (χ3n) is 3.67. The van der Waals surface area contributed by atoms with Crippen molar-refractivity contribution in [2.24, 2.45) is 11.3 Å². The fourth-order valence-corrected chi connectivity index (χ4v) is 2.57. The number of rotatable bonds is 5. The molecule has 3 nitrogen and oxygen atoms in total. The van der Waals surface area contributed by atoms with Crippen molar-refractivity contribution in [1.29, 1.82) is 0 Å². The highest BCUT2D eigenvalue weighted by Crippen LogP contribution is 2.24. The van der Waals surface area contributed by atoms with Crippen molar-refractivity contribution in [3.8, 4) is 0 Å². The predicted octanol–water partition coefficient (Wildman–Crippen LogP) is 2.87. The Labute approximate surface area is 111 Å². The van der Waals surface area contributed by atoms with Crippen LogP contribution in [-0.4, -0.2) is 23.7 Å². The topological polar surface area (TPSA) is 49.3 Å². The molecule has 1 aliphatic rings. The van der Waals surface area contributed by atoms with Crippen LogP contribution < -0.4 is 5.32 Å². The lowest BCUT2D eigenvalue weighted by atomic mass is 9.87. The summed E-state index contributed by atoms with van der Waals surface area (Å²) in [6, 6.07) is 0. The Balaban J connectivity index is 2.09. The summed E-state index contributed by atoms with van der Waals surface area (Å²) in [6.07, 6.45) is 6.53. The highest BCUT2D eigenvalue weighted by atomic mass is 16.3. The highest BCUT2D eigenvalue weighted by Gasteiger charge is 2.20. The Hall–Kier alpha value is -0.570. The zero-order valence-electron chi connectivity index (χ0n) is 12.2. The van der Waals surface area contributed by atoms with Crippen LogP contribution in [0, 0.1) is 11.3 Å². The third-order valence-corrected chi connectivity index (χ3v) is 3.67. The summed E-state index contributed by atoms with van der Waals surface area (Å²) in [4.78, 5) is 11.7. The van der Waals surface area contributed by atoms with Crippen LogP contribution in [0.5, 0.6) is 0 Å². The molecule has 0 aromatic rings. The Morgan fingerprint density at radius 1 is 1.33 bits per heavy atom. The number of aliphatic hydroxyl groups excluding tert-OH is 1. The first-order chi connectivity index (χ1) is 8.37. The summed E-state index contributed by atoms with van der Waals surface area (Å²) >= 11 is 0. The summed E-state index contributed by atoms with van der Waals surface area (Å²) in [5, 5.41) is 12.6. The Morgan fingerprint density at radius 2 is 2.06 bits per heavy atom. The van der Waals surface area contributed by atoms with Crippen molar-refractivity contribution in [3.63, 3.8) is 0 Å². The van der Waals surface area contributed by atoms with Gasteiger partial charge in [0.2, 0.25) is 5.91 Å². The Morgan fingerprint density at radius 3 is 2.67 bits per heavy atom. The Kier molecular flexibility index (Phi) is 6.13. The summed E-state index contributed by atoms with van der Waals surface area (Å²) in [5.74, 6) is 0.639. The average molecular weight is 255 g/mol. The molecule has 1 rings (SSSR count). The second kappa shape index (κ2) is 7.13. The van der Waals surface area contributed by atoms with Crippen molar-refractivity contribution >= 4 is 5.91 Å². The van der Waals surface area contributed by atoms with E-state index in [1.165, 1.54) is 0 Å². The third kappa shape index (κ3) is 7.00. The van der Waals surface area contributed by atoms with Gasteiger partial charge < -0.3 is 10.4 Å². The Bertz CT molecular complexity index is 258. The monoisotopic (exact) mass is 255 g/mol. The van der Waals surface area contributed by atoms with Crippen LogP contribution in [0.4, 0.5) is 0 Å². The van der Waals surface area contributed by atoms with E-state index in [1.54, 1.807) is 0 Å². The molecule has 18 heavy (non-hydrogen) atoms. The standard InChI is InChI=1S/C15H29NO2/c1-15(2,3)9-5-8-14(18)16-11-12-6-4-7-13(17)10-12/h12-13,17H,4-11H2,1-3H3,(H,16,18). The fourth-order valence-electron chi connectivity index (χ4n) is 2.57. The largest absolute Gasteiger partial charge is 0.393 e. The van der Waals surface area contributed by atoms with Gasteiger partial charge in [-0.3, -0.25) is 4.79 Å². The first kappa shape index (κ1) is 15.5. The molecule has 0 radical (unpaired) electrons. The highest BCUT2D eigenvalue weighted by molar-refractivity contribution is 5.75. The van der Waals surface area contributed by atoms with E-state index in [0.29, 0.717) is 17.8 Å². The molecule has 0 aliphatic heterocycles. The number of hydrogen-bond donors (Lipinski definition) is 2. The van der Waals surface area contributed by atoms with Gasteiger partial charge in [0.15, 0.2) is 0 Å². The molecule has 0 heterocycles. The van der Waals surface area contributed by atoms with Crippen LogP contribution in [0.1, 0.15) is 65.7 Å². The van der Waals surface area contributed by atoms with Crippen molar-refractivity contribution in [2.45, 2.75) is 71.8 Å². The zero-order chi connectivity index (χ0) is 13.6. The van der Waals surface area contributed by atoms with E-state index in [9.17, 15) is 9.90 Å². The molecule has 1 amide bonds. The summed E-state index contributed by atoms with van der Waals surface area (Å²) in [7, 11) is 0. The lowest BCUT2D eigenvalue weighted by Crippen LogP contribution is -2.32. The van der Waals surface area contributed by atoms with E-state index in [1.807, 2.05) is 0 Å². The van der Waals surface area contributed by atoms with Gasteiger partial charge in [-0.25, -0.2) is 0 Å². The number of amides is 1. The van der Waals surface area contributed by atoms with Crippen LogP contribution >= 0.6 is 0 Å². The molecule has 0 aromatic carbocycles. The number of carbonyl (C=O) groups excluding carboxylic acids is 1. The summed E-state index contributed by atoms with van der Waals surface area (Å²) in [6.45, 7) is 7.35. The lowest BCUT2D eigenvalue weighted by Gasteiger charge is -2.26. The van der Waals surface area contributed by atoms with Gasteiger partial charge in [0.05, 0.1) is 6.10 Å². The maximum atomic E-state index is 11.7. The molecule has 1 aliphatic carbocycles. The van der Waals surface area contributed by atoms with E-state index in [2.05, 4.69) is 26.1 Å². The number of hydrogen-bond acceptors (Lipinski definition) is 2. The molecular weight excluding hydrogens is 226 g/mol. The van der Waals surface area contributed by atoms with Crippen LogP contribution in [-0.2, 0) is 4.79 Å². The molecule has 0 saturated heterocycles. The van der Waals surface area contributed by atoms with E-state index in [-0.39, 0.29) is 12.0 Å². The van der Waals surface area contributed by atoms with E-state index >= 15 is 0 Å². The maximum Gasteiger partial charge on any atom is 0.220 e. The normalized spacial score (nSPS) is 24.9. The van der Waals surface area contributed by atoms with Crippen LogP contribution in [0.2, 0.25) is 0 Å². The van der Waals surface area contributed by atoms with Crippen molar-refractivity contribution in [3.05, 3.63) is 0 Å². The van der Waals surface area contributed by atoms with Crippen molar-refractivity contribution < 1.29 is 9.90 Å². The van der Waals surface area contributed by atoms with Gasteiger partial charge in [0, 0.05) is 13.0 Å². The van der Waals surface area contributed by atoms with Gasteiger partial charge in [-0.1, -0.05) is 27.2 Å². The van der Waals surface area contributed by atoms with Crippen molar-refractivity contribution in [2.75, 3.05) is 6.54 Å². The van der Waals surface area contributed by atoms with E-state index in [0.717, 1.165) is 45.1 Å². The van der Waals surface area contributed by atoms with Crippen LogP contribution in [0.3, 0.4) is 0 Å². The van der Waals surface area contributed by atoms with Gasteiger partial charge in [0.1, 0.15) is 0 Å². The first-order valence-corrected chi connectivity index (χ1v) is 7.31. The maximum absolute atomic E-state index is 11.7. The second-order valence-electron chi connectivity index (χ2n) is 6.90. The smallest absolute Gasteiger partial charge is 0.220 e. The molecule has 2 atom stereocenters. The molecule has 1 saturated carbocycles. The molecule has 2 N–H and O–H groups in total. The van der Waals surface area contributed by atoms with Crippen LogP contribution in [0.25, 0.3) is 0 Å². The fraction of sp³-hybridized carbons (Fsp3) is 0.933. The molecule has 2 unspecified atom stereocenters. The van der Waals surface area contributed by atoms with Crippen molar-refractivity contribution in [1.82, 2.24) is 5.32 Å². The minimum atomic E-state index is -0.151. The predicted molar refractivity (Wildman–Crippen MR) is 74.3 cm³/mol. The number of nitrogens with one attached hydrogen (secondary N) is 1. The van der Waals surface area contributed by atoms with Gasteiger partial charge >= 0.3 is 0 Å². The summed E-state index contributed by atoms with van der Waals surface area (Å²) in [5.41, 5.74) is 0.313. The SMILES string of the molecule is CC(C)(C)CCCC(=O)NCC1CCCC(O)C1. The molecule has 0 aromatic heterocycles. The van der Waals surface area contributed by atoms with Gasteiger partial charge in [-0.2, -0.15) is 0 Å². The summed E-state index contributed by atoms with van der Waals surface area (Å²) < 4.78 is 0. The molecule has 0 spiro atoms. The minimum Gasteiger partial charge on any atom is -0.393 e. The van der Waals surface area contributed by atoms with Crippen LogP contribution in [0.15, 0.2) is 0 Å². The molecule has 106 valence electrons.